The zero-order chi connectivity index (χ0) is 16.4. The van der Waals surface area contributed by atoms with Crippen LogP contribution >= 0.6 is 11.6 Å². The van der Waals surface area contributed by atoms with Gasteiger partial charge in [0.2, 0.25) is 0 Å². The van der Waals surface area contributed by atoms with Gasteiger partial charge in [0.1, 0.15) is 22.8 Å². The van der Waals surface area contributed by atoms with Gasteiger partial charge in [0.25, 0.3) is 0 Å². The minimum atomic E-state index is -2.46. The van der Waals surface area contributed by atoms with Crippen LogP contribution in [0.3, 0.4) is 0 Å². The van der Waals surface area contributed by atoms with Crippen LogP contribution < -0.4 is 0 Å². The molecule has 2 heterocycles. The van der Waals surface area contributed by atoms with Crippen LogP contribution in [-0.2, 0) is 16.5 Å². The first-order valence-corrected chi connectivity index (χ1v) is 8.65. The number of aromatic nitrogens is 3. The lowest BCUT2D eigenvalue weighted by Gasteiger charge is -2.09. The number of hydrogen-bond donors (Lipinski definition) is 1. The van der Waals surface area contributed by atoms with Gasteiger partial charge in [-0.1, -0.05) is 47.5 Å². The van der Waals surface area contributed by atoms with E-state index in [0.717, 1.165) is 16.8 Å². The number of nitrogens with zero attached hydrogens (tertiary/aromatic N) is 3. The Kier molecular flexibility index (Phi) is 4.45. The molecule has 0 aliphatic carbocycles. The SMILES string of the molecule is Cc1ccc(-c2c(Cl)ncn2-c2ccc(C[SH](=O)=O)cn2)cc1. The molecule has 0 aliphatic heterocycles. The summed E-state index contributed by atoms with van der Waals surface area (Å²) in [6.07, 6.45) is 3.15. The maximum Gasteiger partial charge on any atom is 0.155 e. The van der Waals surface area contributed by atoms with Crippen LogP contribution in [0.5, 0.6) is 0 Å². The zero-order valence-corrected chi connectivity index (χ0v) is 14.0. The summed E-state index contributed by atoms with van der Waals surface area (Å²) in [5, 5.41) is 0.391. The Morgan fingerprint density at radius 3 is 2.43 bits per heavy atom. The summed E-state index contributed by atoms with van der Waals surface area (Å²) >= 11 is 6.23. The van der Waals surface area contributed by atoms with Gasteiger partial charge in [-0.3, -0.25) is 4.57 Å². The Labute approximate surface area is 140 Å². The first kappa shape index (κ1) is 15.7. The average Bonchev–Trinajstić information content (AvgIpc) is 2.90. The maximum absolute atomic E-state index is 10.8. The van der Waals surface area contributed by atoms with E-state index in [1.54, 1.807) is 29.2 Å². The molecule has 3 aromatic rings. The van der Waals surface area contributed by atoms with Gasteiger partial charge in [0.05, 0.1) is 11.4 Å². The van der Waals surface area contributed by atoms with Gasteiger partial charge in [-0.2, -0.15) is 0 Å². The molecule has 5 nitrogen and oxygen atoms in total. The van der Waals surface area contributed by atoms with Crippen molar-refractivity contribution in [1.29, 1.82) is 0 Å². The standard InChI is InChI=1S/C16H14ClN3O2S/c1-11-2-5-13(6-3-11)15-16(17)19-10-20(15)14-7-4-12(8-18-14)9-23(21)22/h2-8,10,23H,9H2,1H3. The molecule has 0 N–H and O–H groups in total. The lowest BCUT2D eigenvalue weighted by atomic mass is 10.1. The van der Waals surface area contributed by atoms with Crippen LogP contribution in [0.25, 0.3) is 17.1 Å². The van der Waals surface area contributed by atoms with Crippen molar-refractivity contribution in [2.75, 3.05) is 0 Å². The number of imidazole rings is 1. The molecule has 0 bridgehead atoms. The summed E-state index contributed by atoms with van der Waals surface area (Å²) in [6, 6.07) is 11.5. The van der Waals surface area contributed by atoms with Gasteiger partial charge < -0.3 is 0 Å². The second-order valence-electron chi connectivity index (χ2n) is 5.14. The third-order valence-corrected chi connectivity index (χ3v) is 4.32. The third-order valence-electron chi connectivity index (χ3n) is 3.42. The van der Waals surface area contributed by atoms with E-state index in [1.807, 2.05) is 31.2 Å². The fourth-order valence-corrected chi connectivity index (χ4v) is 3.00. The average molecular weight is 348 g/mol. The third kappa shape index (κ3) is 3.43. The first-order valence-electron chi connectivity index (χ1n) is 6.91. The van der Waals surface area contributed by atoms with E-state index in [-0.39, 0.29) is 5.75 Å². The maximum atomic E-state index is 10.8. The number of aryl methyl sites for hydroxylation is 1. The predicted octanol–water partition coefficient (Wildman–Crippen LogP) is 3.01. The smallest absolute Gasteiger partial charge is 0.155 e. The summed E-state index contributed by atoms with van der Waals surface area (Å²) in [5.74, 6) is 0.614. The van der Waals surface area contributed by atoms with Crippen molar-refractivity contribution in [2.24, 2.45) is 0 Å². The Hall–Kier alpha value is -2.18. The summed E-state index contributed by atoms with van der Waals surface area (Å²) in [4.78, 5) is 8.47. The predicted molar refractivity (Wildman–Crippen MR) is 90.6 cm³/mol. The molecular weight excluding hydrogens is 334 g/mol. The Bertz CT molecular complexity index is 892. The summed E-state index contributed by atoms with van der Waals surface area (Å²) in [5.41, 5.74) is 3.49. The molecule has 0 saturated heterocycles. The highest BCUT2D eigenvalue weighted by Crippen LogP contribution is 2.29. The highest BCUT2D eigenvalue weighted by atomic mass is 35.5. The van der Waals surface area contributed by atoms with Gasteiger partial charge in [-0.15, -0.1) is 0 Å². The Balaban J connectivity index is 2.02. The van der Waals surface area contributed by atoms with Gasteiger partial charge in [-0.05, 0) is 18.6 Å². The lowest BCUT2D eigenvalue weighted by Crippen LogP contribution is -1.99. The van der Waals surface area contributed by atoms with Crippen LogP contribution in [0.1, 0.15) is 11.1 Å². The minimum absolute atomic E-state index is 0.0158. The molecule has 2 aromatic heterocycles. The fourth-order valence-electron chi connectivity index (χ4n) is 2.27. The van der Waals surface area contributed by atoms with Crippen molar-refractivity contribution in [3.8, 4) is 17.1 Å². The molecule has 0 radical (unpaired) electrons. The Morgan fingerprint density at radius 1 is 1.09 bits per heavy atom. The summed E-state index contributed by atoms with van der Waals surface area (Å²) in [7, 11) is -2.46. The van der Waals surface area contributed by atoms with Gasteiger partial charge in [0.15, 0.2) is 5.15 Å². The van der Waals surface area contributed by atoms with Crippen molar-refractivity contribution in [1.82, 2.24) is 14.5 Å². The van der Waals surface area contributed by atoms with Gasteiger partial charge >= 0.3 is 0 Å². The van der Waals surface area contributed by atoms with E-state index in [9.17, 15) is 8.42 Å². The molecule has 118 valence electrons. The molecule has 3 rings (SSSR count). The highest BCUT2D eigenvalue weighted by Gasteiger charge is 2.13. The van der Waals surface area contributed by atoms with Crippen molar-refractivity contribution < 1.29 is 8.42 Å². The quantitative estimate of drug-likeness (QED) is 0.737. The number of benzene rings is 1. The zero-order valence-electron chi connectivity index (χ0n) is 12.3. The number of halogens is 1. The summed E-state index contributed by atoms with van der Waals surface area (Å²) in [6.45, 7) is 2.02. The first-order chi connectivity index (χ1) is 11.0. The number of hydrogen-bond acceptors (Lipinski definition) is 4. The highest BCUT2D eigenvalue weighted by molar-refractivity contribution is 7.71. The Morgan fingerprint density at radius 2 is 1.83 bits per heavy atom. The van der Waals surface area contributed by atoms with E-state index >= 15 is 0 Å². The lowest BCUT2D eigenvalue weighted by molar-refractivity contribution is 0.614. The van der Waals surface area contributed by atoms with Crippen LogP contribution in [0.15, 0.2) is 48.9 Å². The van der Waals surface area contributed by atoms with Gasteiger partial charge in [0, 0.05) is 11.8 Å². The van der Waals surface area contributed by atoms with E-state index in [0.29, 0.717) is 16.5 Å². The van der Waals surface area contributed by atoms with E-state index in [2.05, 4.69) is 9.97 Å². The van der Waals surface area contributed by atoms with E-state index in [1.165, 1.54) is 0 Å². The largest absolute Gasteiger partial charge is 0.281 e. The van der Waals surface area contributed by atoms with Crippen LogP contribution in [0.4, 0.5) is 0 Å². The van der Waals surface area contributed by atoms with Crippen LogP contribution in [0.2, 0.25) is 5.15 Å². The summed E-state index contributed by atoms with van der Waals surface area (Å²) < 4.78 is 23.3. The number of thiol groups is 1. The minimum Gasteiger partial charge on any atom is -0.281 e. The number of rotatable bonds is 4. The molecular formula is C16H14ClN3O2S. The normalized spacial score (nSPS) is 11.1. The van der Waals surface area contributed by atoms with Crippen LogP contribution in [0, 0.1) is 6.92 Å². The molecule has 1 aromatic carbocycles. The topological polar surface area (TPSA) is 64.8 Å². The molecule has 23 heavy (non-hydrogen) atoms. The van der Waals surface area contributed by atoms with Crippen molar-refractivity contribution >= 4 is 22.3 Å². The molecule has 0 aliphatic rings. The second-order valence-corrected chi connectivity index (χ2v) is 6.48. The molecule has 0 atom stereocenters. The molecule has 0 fully saturated rings. The van der Waals surface area contributed by atoms with E-state index in [4.69, 9.17) is 11.6 Å². The molecule has 7 heteroatoms. The van der Waals surface area contributed by atoms with Gasteiger partial charge in [-0.25, -0.2) is 18.4 Å². The molecule has 0 saturated carbocycles. The molecule has 0 unspecified atom stereocenters. The van der Waals surface area contributed by atoms with Crippen molar-refractivity contribution in [2.45, 2.75) is 12.7 Å². The monoisotopic (exact) mass is 347 g/mol. The fraction of sp³-hybridized carbons (Fsp3) is 0.125. The van der Waals surface area contributed by atoms with Crippen LogP contribution in [-0.4, -0.2) is 23.0 Å². The van der Waals surface area contributed by atoms with E-state index < -0.39 is 10.7 Å². The number of pyridine rings is 1. The molecule has 0 spiro atoms. The van der Waals surface area contributed by atoms with Crippen molar-refractivity contribution in [3.05, 3.63) is 65.2 Å². The van der Waals surface area contributed by atoms with Crippen molar-refractivity contribution in [3.63, 3.8) is 0 Å². The second kappa shape index (κ2) is 6.52. The molecule has 0 amide bonds.